The summed E-state index contributed by atoms with van der Waals surface area (Å²) < 4.78 is 41.9. The van der Waals surface area contributed by atoms with Crippen molar-refractivity contribution < 1.29 is 17.6 Å². The van der Waals surface area contributed by atoms with Crippen LogP contribution in [-0.4, -0.2) is 20.9 Å². The van der Waals surface area contributed by atoms with Crippen molar-refractivity contribution in [2.75, 3.05) is 16.2 Å². The first kappa shape index (κ1) is 16.9. The van der Waals surface area contributed by atoms with E-state index in [2.05, 4.69) is 20.7 Å². The largest absolute Gasteiger partial charge is 0.310 e. The molecule has 0 aliphatic carbocycles. The van der Waals surface area contributed by atoms with Crippen molar-refractivity contribution in [3.63, 3.8) is 0 Å². The fraction of sp³-hybridized carbons (Fsp3) is 0.188. The summed E-state index contributed by atoms with van der Waals surface area (Å²) in [4.78, 5) is 13.1. The fourth-order valence-corrected chi connectivity index (χ4v) is 4.19. The summed E-state index contributed by atoms with van der Waals surface area (Å²) in [6, 6.07) is 10.1. The number of rotatable bonds is 4. The number of halogens is 2. The van der Waals surface area contributed by atoms with Crippen molar-refractivity contribution in [2.45, 2.75) is 17.7 Å². The van der Waals surface area contributed by atoms with Crippen LogP contribution in [0.25, 0.3) is 0 Å². The maximum atomic E-state index is 14.3. The Hall–Kier alpha value is -1.93. The molecule has 1 amide bonds. The van der Waals surface area contributed by atoms with Gasteiger partial charge in [0.1, 0.15) is 5.82 Å². The van der Waals surface area contributed by atoms with Gasteiger partial charge in [-0.25, -0.2) is 12.8 Å². The molecule has 0 saturated carbocycles. The Morgan fingerprint density at radius 3 is 2.58 bits per heavy atom. The molecular weight excluding hydrogens is 399 g/mol. The summed E-state index contributed by atoms with van der Waals surface area (Å²) in [5.41, 5.74) is 0.269. The van der Waals surface area contributed by atoms with E-state index in [1.807, 2.05) is 0 Å². The number of anilines is 2. The standard InChI is InChI=1S/C16H14BrFN2O3S/c17-11-3-1-4-13(9-11)24(22,23)19-12-6-7-15(14(18)10-12)20-8-2-5-16(20)21/h1,3-4,6-7,9-10,19H,2,5,8H2. The lowest BCUT2D eigenvalue weighted by Gasteiger charge is -2.17. The quantitative estimate of drug-likeness (QED) is 0.835. The predicted octanol–water partition coefficient (Wildman–Crippen LogP) is 3.52. The van der Waals surface area contributed by atoms with E-state index in [9.17, 15) is 17.6 Å². The maximum absolute atomic E-state index is 14.3. The molecule has 2 aromatic carbocycles. The Morgan fingerprint density at radius 2 is 1.96 bits per heavy atom. The number of carbonyl (C=O) groups excluding carboxylic acids is 1. The van der Waals surface area contributed by atoms with Gasteiger partial charge in [0.2, 0.25) is 5.91 Å². The van der Waals surface area contributed by atoms with Crippen LogP contribution in [0.4, 0.5) is 15.8 Å². The Kier molecular flexibility index (Phi) is 4.60. The van der Waals surface area contributed by atoms with Crippen LogP contribution in [0.1, 0.15) is 12.8 Å². The molecule has 1 aliphatic rings. The summed E-state index contributed by atoms with van der Waals surface area (Å²) in [5.74, 6) is -0.768. The Morgan fingerprint density at radius 1 is 1.17 bits per heavy atom. The first-order valence-electron chi connectivity index (χ1n) is 7.25. The topological polar surface area (TPSA) is 66.5 Å². The summed E-state index contributed by atoms with van der Waals surface area (Å²) in [7, 11) is -3.82. The molecule has 0 bridgehead atoms. The molecule has 1 saturated heterocycles. The predicted molar refractivity (Wildman–Crippen MR) is 92.9 cm³/mol. The van der Waals surface area contributed by atoms with Gasteiger partial charge < -0.3 is 4.90 Å². The Bertz CT molecular complexity index is 902. The lowest BCUT2D eigenvalue weighted by molar-refractivity contribution is -0.117. The highest BCUT2D eigenvalue weighted by Crippen LogP contribution is 2.28. The molecule has 8 heteroatoms. The third-order valence-electron chi connectivity index (χ3n) is 3.67. The SMILES string of the molecule is O=C1CCCN1c1ccc(NS(=O)(=O)c2cccc(Br)c2)cc1F. The van der Waals surface area contributed by atoms with Gasteiger partial charge >= 0.3 is 0 Å². The Labute approximate surface area is 147 Å². The van der Waals surface area contributed by atoms with E-state index in [0.717, 1.165) is 6.07 Å². The molecule has 0 aromatic heterocycles. The van der Waals surface area contributed by atoms with E-state index < -0.39 is 15.8 Å². The van der Waals surface area contributed by atoms with Gasteiger partial charge in [0, 0.05) is 23.5 Å². The number of carbonyl (C=O) groups is 1. The van der Waals surface area contributed by atoms with Gasteiger partial charge in [0.15, 0.2) is 0 Å². The van der Waals surface area contributed by atoms with Gasteiger partial charge in [0.05, 0.1) is 16.3 Å². The highest BCUT2D eigenvalue weighted by Gasteiger charge is 2.24. The lowest BCUT2D eigenvalue weighted by atomic mass is 10.2. The minimum Gasteiger partial charge on any atom is -0.310 e. The van der Waals surface area contributed by atoms with Gasteiger partial charge in [-0.15, -0.1) is 0 Å². The van der Waals surface area contributed by atoms with E-state index in [0.29, 0.717) is 23.9 Å². The Balaban J connectivity index is 1.86. The van der Waals surface area contributed by atoms with Crippen molar-refractivity contribution >= 4 is 43.2 Å². The van der Waals surface area contributed by atoms with Gasteiger partial charge in [-0.3, -0.25) is 9.52 Å². The van der Waals surface area contributed by atoms with E-state index in [4.69, 9.17) is 0 Å². The molecule has 2 aromatic rings. The van der Waals surface area contributed by atoms with Crippen LogP contribution >= 0.6 is 15.9 Å². The third kappa shape index (κ3) is 3.44. The van der Waals surface area contributed by atoms with Crippen LogP contribution in [0.3, 0.4) is 0 Å². The second-order valence-electron chi connectivity index (χ2n) is 5.38. The first-order valence-corrected chi connectivity index (χ1v) is 9.53. The van der Waals surface area contributed by atoms with Crippen molar-refractivity contribution in [2.24, 2.45) is 0 Å². The number of amides is 1. The average molecular weight is 413 g/mol. The van der Waals surface area contributed by atoms with Crippen molar-refractivity contribution in [1.82, 2.24) is 0 Å². The van der Waals surface area contributed by atoms with Crippen LogP contribution in [0, 0.1) is 5.82 Å². The summed E-state index contributed by atoms with van der Waals surface area (Å²) in [6.07, 6.45) is 1.09. The molecule has 0 unspecified atom stereocenters. The summed E-state index contributed by atoms with van der Waals surface area (Å²) >= 11 is 3.21. The van der Waals surface area contributed by atoms with Gasteiger partial charge in [-0.2, -0.15) is 0 Å². The molecule has 1 heterocycles. The maximum Gasteiger partial charge on any atom is 0.261 e. The van der Waals surface area contributed by atoms with Crippen LogP contribution < -0.4 is 9.62 Å². The lowest BCUT2D eigenvalue weighted by Crippen LogP contribution is -2.24. The number of benzene rings is 2. The zero-order valence-electron chi connectivity index (χ0n) is 12.5. The molecule has 5 nitrogen and oxygen atoms in total. The monoisotopic (exact) mass is 412 g/mol. The normalized spacial score (nSPS) is 14.9. The van der Waals surface area contributed by atoms with Crippen LogP contribution in [0.15, 0.2) is 51.8 Å². The molecule has 1 aliphatic heterocycles. The molecule has 0 spiro atoms. The molecule has 24 heavy (non-hydrogen) atoms. The zero-order valence-corrected chi connectivity index (χ0v) is 14.9. The summed E-state index contributed by atoms with van der Waals surface area (Å²) in [5, 5.41) is 0. The second-order valence-corrected chi connectivity index (χ2v) is 7.98. The minimum absolute atomic E-state index is 0.0658. The van der Waals surface area contributed by atoms with E-state index in [1.165, 1.54) is 29.2 Å². The van der Waals surface area contributed by atoms with Crippen molar-refractivity contribution in [3.05, 3.63) is 52.8 Å². The average Bonchev–Trinajstić information content (AvgIpc) is 2.93. The van der Waals surface area contributed by atoms with Gasteiger partial charge in [0.25, 0.3) is 10.0 Å². The molecule has 0 atom stereocenters. The third-order valence-corrected chi connectivity index (χ3v) is 5.54. The van der Waals surface area contributed by atoms with E-state index in [-0.39, 0.29) is 22.2 Å². The highest BCUT2D eigenvalue weighted by atomic mass is 79.9. The zero-order chi connectivity index (χ0) is 17.3. The minimum atomic E-state index is -3.82. The number of hydrogen-bond acceptors (Lipinski definition) is 3. The summed E-state index contributed by atoms with van der Waals surface area (Å²) in [6.45, 7) is 0.471. The molecular formula is C16H14BrFN2O3S. The second kappa shape index (κ2) is 6.52. The number of nitrogens with one attached hydrogen (secondary N) is 1. The van der Waals surface area contributed by atoms with Gasteiger partial charge in [-0.05, 0) is 36.8 Å². The smallest absolute Gasteiger partial charge is 0.261 e. The van der Waals surface area contributed by atoms with E-state index >= 15 is 0 Å². The molecule has 3 rings (SSSR count). The number of nitrogens with zero attached hydrogens (tertiary/aromatic N) is 1. The van der Waals surface area contributed by atoms with Crippen molar-refractivity contribution in [3.8, 4) is 0 Å². The molecule has 126 valence electrons. The van der Waals surface area contributed by atoms with E-state index in [1.54, 1.807) is 12.1 Å². The number of hydrogen-bond donors (Lipinski definition) is 1. The molecule has 1 fully saturated rings. The van der Waals surface area contributed by atoms with Crippen molar-refractivity contribution in [1.29, 1.82) is 0 Å². The van der Waals surface area contributed by atoms with Crippen LogP contribution in [0.5, 0.6) is 0 Å². The number of sulfonamides is 1. The molecule has 1 N–H and O–H groups in total. The highest BCUT2D eigenvalue weighted by molar-refractivity contribution is 9.10. The molecule has 0 radical (unpaired) electrons. The van der Waals surface area contributed by atoms with Crippen LogP contribution in [-0.2, 0) is 14.8 Å². The van der Waals surface area contributed by atoms with Crippen LogP contribution in [0.2, 0.25) is 0 Å². The van der Waals surface area contributed by atoms with Gasteiger partial charge in [-0.1, -0.05) is 22.0 Å². The first-order chi connectivity index (χ1) is 11.4. The fourth-order valence-electron chi connectivity index (χ4n) is 2.54.